The van der Waals surface area contributed by atoms with Crippen molar-refractivity contribution in [2.75, 3.05) is 0 Å². The molecule has 19 heavy (non-hydrogen) atoms. The van der Waals surface area contributed by atoms with Gasteiger partial charge in [0.05, 0.1) is 12.3 Å². The fourth-order valence-corrected chi connectivity index (χ4v) is 1.22. The maximum absolute atomic E-state index is 11.5. The number of pyridine rings is 1. The molecule has 0 aliphatic carbocycles. The lowest BCUT2D eigenvalue weighted by molar-refractivity contribution is -0.402. The molecule has 2 aromatic heterocycles. The van der Waals surface area contributed by atoms with Gasteiger partial charge >= 0.3 is 5.88 Å². The first-order chi connectivity index (χ1) is 9.16. The molecule has 0 atom stereocenters. The van der Waals surface area contributed by atoms with Crippen LogP contribution in [0.4, 0.5) is 5.88 Å². The average Bonchev–Trinajstić information content (AvgIpc) is 2.89. The van der Waals surface area contributed by atoms with Gasteiger partial charge < -0.3 is 4.42 Å². The van der Waals surface area contributed by atoms with Gasteiger partial charge in [0.2, 0.25) is 0 Å². The highest BCUT2D eigenvalue weighted by Gasteiger charge is 2.10. The van der Waals surface area contributed by atoms with Crippen LogP contribution in [0.3, 0.4) is 0 Å². The van der Waals surface area contributed by atoms with E-state index in [4.69, 9.17) is 4.42 Å². The SMILES string of the molecule is O=C(N/N=C\c1ccc([N+](=O)[O-])o1)c1ccccn1. The van der Waals surface area contributed by atoms with E-state index in [1.165, 1.54) is 24.4 Å². The Balaban J connectivity index is 1.96. The molecule has 8 heteroatoms. The Morgan fingerprint density at radius 3 is 2.89 bits per heavy atom. The van der Waals surface area contributed by atoms with Crippen molar-refractivity contribution in [3.63, 3.8) is 0 Å². The number of carbonyl (C=O) groups is 1. The second-order valence-corrected chi connectivity index (χ2v) is 3.35. The van der Waals surface area contributed by atoms with Crippen molar-refractivity contribution in [3.8, 4) is 0 Å². The number of hydrogen-bond donors (Lipinski definition) is 1. The van der Waals surface area contributed by atoms with Gasteiger partial charge in [-0.25, -0.2) is 5.43 Å². The Morgan fingerprint density at radius 2 is 2.26 bits per heavy atom. The van der Waals surface area contributed by atoms with Crippen molar-refractivity contribution in [1.29, 1.82) is 0 Å². The van der Waals surface area contributed by atoms with E-state index in [1.54, 1.807) is 12.1 Å². The molecule has 96 valence electrons. The first-order valence-electron chi connectivity index (χ1n) is 5.15. The van der Waals surface area contributed by atoms with Gasteiger partial charge in [0.15, 0.2) is 5.76 Å². The van der Waals surface area contributed by atoms with E-state index < -0.39 is 16.7 Å². The average molecular weight is 260 g/mol. The third kappa shape index (κ3) is 3.22. The third-order valence-corrected chi connectivity index (χ3v) is 2.05. The van der Waals surface area contributed by atoms with Crippen molar-refractivity contribution in [3.05, 3.63) is 58.1 Å². The van der Waals surface area contributed by atoms with E-state index in [0.717, 1.165) is 6.21 Å². The van der Waals surface area contributed by atoms with Gasteiger partial charge in [0, 0.05) is 6.20 Å². The van der Waals surface area contributed by atoms with Crippen LogP contribution in [0, 0.1) is 10.1 Å². The standard InChI is InChI=1S/C11H8N4O4/c16-11(9-3-1-2-6-12-9)14-13-7-8-4-5-10(19-8)15(17)18/h1-7H,(H,14,16)/b13-7-. The summed E-state index contributed by atoms with van der Waals surface area (Å²) in [6, 6.07) is 7.45. The van der Waals surface area contributed by atoms with Gasteiger partial charge in [0.1, 0.15) is 10.6 Å². The predicted molar refractivity (Wildman–Crippen MR) is 64.7 cm³/mol. The minimum absolute atomic E-state index is 0.160. The quantitative estimate of drug-likeness (QED) is 0.506. The largest absolute Gasteiger partial charge is 0.433 e. The van der Waals surface area contributed by atoms with Crippen molar-refractivity contribution in [2.24, 2.45) is 5.10 Å². The minimum atomic E-state index is -0.663. The molecule has 0 saturated heterocycles. The molecule has 1 amide bonds. The van der Waals surface area contributed by atoms with Crippen molar-refractivity contribution >= 4 is 18.0 Å². The van der Waals surface area contributed by atoms with Crippen LogP contribution in [-0.4, -0.2) is 22.0 Å². The number of carbonyl (C=O) groups excluding carboxylic acids is 1. The first-order valence-corrected chi connectivity index (χ1v) is 5.15. The molecule has 2 rings (SSSR count). The van der Waals surface area contributed by atoms with E-state index in [9.17, 15) is 14.9 Å². The normalized spacial score (nSPS) is 10.5. The fraction of sp³-hybridized carbons (Fsp3) is 0. The zero-order valence-corrected chi connectivity index (χ0v) is 9.52. The smallest absolute Gasteiger partial charge is 0.400 e. The Labute approximate surface area is 106 Å². The van der Waals surface area contributed by atoms with E-state index >= 15 is 0 Å². The van der Waals surface area contributed by atoms with Crippen LogP contribution in [0.25, 0.3) is 0 Å². The lowest BCUT2D eigenvalue weighted by Gasteiger charge is -1.96. The summed E-state index contributed by atoms with van der Waals surface area (Å²) in [7, 11) is 0. The number of amides is 1. The predicted octanol–water partition coefficient (Wildman–Crippen LogP) is 1.35. The molecule has 0 bridgehead atoms. The Morgan fingerprint density at radius 1 is 1.42 bits per heavy atom. The molecule has 0 fully saturated rings. The lowest BCUT2D eigenvalue weighted by Crippen LogP contribution is -2.18. The molecule has 0 unspecified atom stereocenters. The molecule has 2 aromatic rings. The second-order valence-electron chi connectivity index (χ2n) is 3.35. The van der Waals surface area contributed by atoms with Crippen LogP contribution >= 0.6 is 0 Å². The summed E-state index contributed by atoms with van der Waals surface area (Å²) in [5, 5.41) is 14.0. The monoisotopic (exact) mass is 260 g/mol. The highest BCUT2D eigenvalue weighted by atomic mass is 16.6. The molecular weight excluding hydrogens is 252 g/mol. The maximum Gasteiger partial charge on any atom is 0.433 e. The van der Waals surface area contributed by atoms with Gasteiger partial charge in [-0.05, 0) is 18.2 Å². The van der Waals surface area contributed by atoms with Crippen molar-refractivity contribution in [1.82, 2.24) is 10.4 Å². The van der Waals surface area contributed by atoms with Crippen LogP contribution in [0.5, 0.6) is 0 Å². The summed E-state index contributed by atoms with van der Waals surface area (Å²) in [4.78, 5) is 25.1. The maximum atomic E-state index is 11.5. The van der Waals surface area contributed by atoms with E-state index in [-0.39, 0.29) is 11.5 Å². The van der Waals surface area contributed by atoms with Crippen molar-refractivity contribution < 1.29 is 14.1 Å². The molecule has 0 aliphatic rings. The molecule has 2 heterocycles. The van der Waals surface area contributed by atoms with Crippen LogP contribution in [0.1, 0.15) is 16.2 Å². The van der Waals surface area contributed by atoms with E-state index in [0.29, 0.717) is 0 Å². The number of hydrogen-bond acceptors (Lipinski definition) is 6. The number of nitro groups is 1. The summed E-state index contributed by atoms with van der Waals surface area (Å²) in [6.45, 7) is 0. The number of nitrogens with zero attached hydrogens (tertiary/aromatic N) is 3. The Kier molecular flexibility index (Phi) is 3.62. The first kappa shape index (κ1) is 12.4. The number of furan rings is 1. The highest BCUT2D eigenvalue weighted by molar-refractivity contribution is 5.92. The van der Waals surface area contributed by atoms with E-state index in [1.807, 2.05) is 0 Å². The third-order valence-electron chi connectivity index (χ3n) is 2.05. The van der Waals surface area contributed by atoms with Gasteiger partial charge in [-0.3, -0.25) is 19.9 Å². The summed E-state index contributed by atoms with van der Waals surface area (Å²) in [6.07, 6.45) is 2.64. The summed E-state index contributed by atoms with van der Waals surface area (Å²) in [5.41, 5.74) is 2.44. The van der Waals surface area contributed by atoms with Crippen LogP contribution in [0.15, 0.2) is 46.0 Å². The summed E-state index contributed by atoms with van der Waals surface area (Å²) >= 11 is 0. The van der Waals surface area contributed by atoms with Crippen molar-refractivity contribution in [2.45, 2.75) is 0 Å². The minimum Gasteiger partial charge on any atom is -0.400 e. The van der Waals surface area contributed by atoms with E-state index in [2.05, 4.69) is 15.5 Å². The van der Waals surface area contributed by atoms with Crippen LogP contribution < -0.4 is 5.43 Å². The zero-order chi connectivity index (χ0) is 13.7. The highest BCUT2D eigenvalue weighted by Crippen LogP contribution is 2.13. The number of hydrazone groups is 1. The number of nitrogens with one attached hydrogen (secondary N) is 1. The topological polar surface area (TPSA) is 111 Å². The summed E-state index contributed by atoms with van der Waals surface area (Å²) in [5.74, 6) is -0.719. The van der Waals surface area contributed by atoms with Gasteiger partial charge in [-0.1, -0.05) is 6.07 Å². The Hall–Kier alpha value is -3.03. The molecular formula is C11H8N4O4. The molecule has 0 saturated carbocycles. The zero-order valence-electron chi connectivity index (χ0n) is 9.52. The number of rotatable bonds is 4. The van der Waals surface area contributed by atoms with Crippen LogP contribution in [-0.2, 0) is 0 Å². The fourth-order valence-electron chi connectivity index (χ4n) is 1.22. The van der Waals surface area contributed by atoms with Gasteiger partial charge in [0.25, 0.3) is 5.91 Å². The number of aromatic nitrogens is 1. The molecule has 0 aliphatic heterocycles. The Bertz CT molecular complexity index is 621. The molecule has 0 aromatic carbocycles. The lowest BCUT2D eigenvalue weighted by atomic mass is 10.3. The molecule has 0 radical (unpaired) electrons. The molecule has 0 spiro atoms. The molecule has 1 N–H and O–H groups in total. The second kappa shape index (κ2) is 5.54. The van der Waals surface area contributed by atoms with Crippen LogP contribution in [0.2, 0.25) is 0 Å². The van der Waals surface area contributed by atoms with Gasteiger partial charge in [-0.15, -0.1) is 0 Å². The summed E-state index contributed by atoms with van der Waals surface area (Å²) < 4.78 is 4.82. The van der Waals surface area contributed by atoms with Gasteiger partial charge in [-0.2, -0.15) is 5.10 Å². The molecule has 8 nitrogen and oxygen atoms in total.